The highest BCUT2D eigenvalue weighted by Crippen LogP contribution is 2.29. The van der Waals surface area contributed by atoms with Crippen molar-refractivity contribution in [2.24, 2.45) is 0 Å². The molecular formula is C17H15Cl2N3S. The van der Waals surface area contributed by atoms with Crippen molar-refractivity contribution in [3.05, 3.63) is 58.6 Å². The van der Waals surface area contributed by atoms with Crippen LogP contribution < -0.4 is 0 Å². The molecule has 0 aliphatic carbocycles. The lowest BCUT2D eigenvalue weighted by atomic mass is 10.2. The Kier molecular flexibility index (Phi) is 5.26. The van der Waals surface area contributed by atoms with Crippen molar-refractivity contribution in [2.45, 2.75) is 18.5 Å². The fourth-order valence-electron chi connectivity index (χ4n) is 2.17. The molecule has 0 radical (unpaired) electrons. The summed E-state index contributed by atoms with van der Waals surface area (Å²) < 4.78 is 2.06. The first kappa shape index (κ1) is 16.4. The smallest absolute Gasteiger partial charge is 0.196 e. The van der Waals surface area contributed by atoms with Crippen LogP contribution in [0.4, 0.5) is 0 Å². The molecule has 1 heterocycles. The molecule has 0 bridgehead atoms. The average Bonchev–Trinajstić information content (AvgIpc) is 2.98. The number of aromatic nitrogens is 3. The van der Waals surface area contributed by atoms with E-state index in [0.717, 1.165) is 34.4 Å². The molecule has 1 aromatic heterocycles. The van der Waals surface area contributed by atoms with Gasteiger partial charge in [-0.05, 0) is 55.0 Å². The van der Waals surface area contributed by atoms with Crippen molar-refractivity contribution in [3.8, 4) is 17.1 Å². The molecule has 0 saturated carbocycles. The summed E-state index contributed by atoms with van der Waals surface area (Å²) in [6, 6.07) is 15.3. The van der Waals surface area contributed by atoms with Gasteiger partial charge in [0.25, 0.3) is 0 Å². The van der Waals surface area contributed by atoms with Crippen molar-refractivity contribution in [1.29, 1.82) is 0 Å². The third-order valence-corrected chi connectivity index (χ3v) is 4.89. The highest BCUT2D eigenvalue weighted by Gasteiger charge is 2.15. The molecular weight excluding hydrogens is 349 g/mol. The summed E-state index contributed by atoms with van der Waals surface area (Å²) in [6.07, 6.45) is 1.08. The van der Waals surface area contributed by atoms with Crippen molar-refractivity contribution in [1.82, 2.24) is 14.8 Å². The van der Waals surface area contributed by atoms with Gasteiger partial charge in [-0.2, -0.15) is 0 Å². The normalized spacial score (nSPS) is 10.9. The van der Waals surface area contributed by atoms with Gasteiger partial charge in [-0.15, -0.1) is 10.2 Å². The maximum atomic E-state index is 6.01. The molecule has 0 amide bonds. The number of halogens is 2. The van der Waals surface area contributed by atoms with E-state index in [-0.39, 0.29) is 0 Å². The quantitative estimate of drug-likeness (QED) is 0.541. The molecule has 118 valence electrons. The van der Waals surface area contributed by atoms with Crippen LogP contribution in [0.25, 0.3) is 17.1 Å². The molecule has 23 heavy (non-hydrogen) atoms. The van der Waals surface area contributed by atoms with E-state index in [9.17, 15) is 0 Å². The van der Waals surface area contributed by atoms with Crippen LogP contribution in [0.5, 0.6) is 0 Å². The van der Waals surface area contributed by atoms with Crippen molar-refractivity contribution >= 4 is 35.0 Å². The summed E-state index contributed by atoms with van der Waals surface area (Å²) in [6.45, 7) is 2.15. The van der Waals surface area contributed by atoms with Crippen LogP contribution in [0.3, 0.4) is 0 Å². The topological polar surface area (TPSA) is 30.7 Å². The third-order valence-electron chi connectivity index (χ3n) is 3.26. The monoisotopic (exact) mass is 363 g/mol. The van der Waals surface area contributed by atoms with Crippen LogP contribution in [0, 0.1) is 0 Å². The summed E-state index contributed by atoms with van der Waals surface area (Å²) >= 11 is 13.7. The Morgan fingerprint density at radius 1 is 0.913 bits per heavy atom. The van der Waals surface area contributed by atoms with Crippen LogP contribution in [-0.2, 0) is 0 Å². The number of rotatable bonds is 5. The Balaban J connectivity index is 2.10. The molecule has 0 fully saturated rings. The Morgan fingerprint density at radius 3 is 2.13 bits per heavy atom. The fourth-order valence-corrected chi connectivity index (χ4v) is 3.22. The van der Waals surface area contributed by atoms with Crippen LogP contribution >= 0.6 is 35.0 Å². The van der Waals surface area contributed by atoms with Gasteiger partial charge in [0.05, 0.1) is 0 Å². The van der Waals surface area contributed by atoms with Gasteiger partial charge in [0.2, 0.25) is 0 Å². The van der Waals surface area contributed by atoms with Crippen LogP contribution in [0.1, 0.15) is 13.3 Å². The Hall–Kier alpha value is -1.49. The maximum Gasteiger partial charge on any atom is 0.196 e. The molecule has 0 spiro atoms. The molecule has 0 aliphatic heterocycles. The second-order valence-electron chi connectivity index (χ2n) is 4.97. The molecule has 3 rings (SSSR count). The second kappa shape index (κ2) is 7.39. The van der Waals surface area contributed by atoms with Gasteiger partial charge in [0, 0.05) is 27.0 Å². The summed E-state index contributed by atoms with van der Waals surface area (Å²) in [4.78, 5) is 0. The molecule has 3 nitrogen and oxygen atoms in total. The zero-order valence-corrected chi connectivity index (χ0v) is 14.9. The van der Waals surface area contributed by atoms with Crippen LogP contribution in [-0.4, -0.2) is 20.5 Å². The van der Waals surface area contributed by atoms with E-state index in [1.807, 2.05) is 48.5 Å². The number of benzene rings is 2. The van der Waals surface area contributed by atoms with Gasteiger partial charge >= 0.3 is 0 Å². The summed E-state index contributed by atoms with van der Waals surface area (Å²) in [5, 5.41) is 11.0. The summed E-state index contributed by atoms with van der Waals surface area (Å²) in [5.41, 5.74) is 1.96. The van der Waals surface area contributed by atoms with E-state index in [0.29, 0.717) is 10.0 Å². The van der Waals surface area contributed by atoms with Gasteiger partial charge in [0.1, 0.15) is 0 Å². The number of thioether (sulfide) groups is 1. The number of nitrogens with zero attached hydrogens (tertiary/aromatic N) is 3. The predicted molar refractivity (Wildman–Crippen MR) is 97.8 cm³/mol. The van der Waals surface area contributed by atoms with E-state index in [1.54, 1.807) is 11.8 Å². The number of hydrogen-bond donors (Lipinski definition) is 0. The molecule has 2 aromatic carbocycles. The molecule has 6 heteroatoms. The highest BCUT2D eigenvalue weighted by molar-refractivity contribution is 7.99. The van der Waals surface area contributed by atoms with Gasteiger partial charge in [-0.1, -0.05) is 41.9 Å². The first-order valence-electron chi connectivity index (χ1n) is 7.29. The fraction of sp³-hybridized carbons (Fsp3) is 0.176. The maximum absolute atomic E-state index is 6.01. The molecule has 0 aliphatic rings. The predicted octanol–water partition coefficient (Wildman–Crippen LogP) is 5.74. The molecule has 0 saturated heterocycles. The standard InChI is InChI=1S/C17H15Cl2N3S/c1-2-11-23-17-21-20-16(12-3-5-13(18)6-4-12)22(17)15-9-7-14(19)8-10-15/h3-10H,2,11H2,1H3. The minimum atomic E-state index is 0.701. The molecule has 3 aromatic rings. The zero-order chi connectivity index (χ0) is 16.2. The molecule has 0 atom stereocenters. The first-order chi connectivity index (χ1) is 11.2. The average molecular weight is 364 g/mol. The van der Waals surface area contributed by atoms with Gasteiger partial charge in [-0.25, -0.2) is 0 Å². The van der Waals surface area contributed by atoms with Gasteiger partial charge in [0.15, 0.2) is 11.0 Å². The third kappa shape index (κ3) is 3.71. The zero-order valence-electron chi connectivity index (χ0n) is 12.5. The van der Waals surface area contributed by atoms with Crippen molar-refractivity contribution < 1.29 is 0 Å². The van der Waals surface area contributed by atoms with Crippen LogP contribution in [0.15, 0.2) is 53.7 Å². The summed E-state index contributed by atoms with van der Waals surface area (Å²) in [7, 11) is 0. The van der Waals surface area contributed by atoms with E-state index in [4.69, 9.17) is 23.2 Å². The Labute approximate surface area is 149 Å². The Bertz CT molecular complexity index is 783. The Morgan fingerprint density at radius 2 is 1.52 bits per heavy atom. The van der Waals surface area contributed by atoms with E-state index < -0.39 is 0 Å². The minimum absolute atomic E-state index is 0.701. The molecule has 0 unspecified atom stereocenters. The highest BCUT2D eigenvalue weighted by atomic mass is 35.5. The largest absolute Gasteiger partial charge is 0.270 e. The van der Waals surface area contributed by atoms with E-state index in [1.165, 1.54) is 0 Å². The first-order valence-corrected chi connectivity index (χ1v) is 9.03. The van der Waals surface area contributed by atoms with E-state index in [2.05, 4.69) is 21.7 Å². The second-order valence-corrected chi connectivity index (χ2v) is 6.91. The SMILES string of the molecule is CCCSc1nnc(-c2ccc(Cl)cc2)n1-c1ccc(Cl)cc1. The summed E-state index contributed by atoms with van der Waals surface area (Å²) in [5.74, 6) is 1.79. The minimum Gasteiger partial charge on any atom is -0.270 e. The molecule has 0 N–H and O–H groups in total. The lowest BCUT2D eigenvalue weighted by molar-refractivity contribution is 0.884. The van der Waals surface area contributed by atoms with E-state index >= 15 is 0 Å². The lowest BCUT2D eigenvalue weighted by Gasteiger charge is -2.10. The number of hydrogen-bond acceptors (Lipinski definition) is 3. The lowest BCUT2D eigenvalue weighted by Crippen LogP contribution is -1.99. The van der Waals surface area contributed by atoms with Gasteiger partial charge < -0.3 is 0 Å². The van der Waals surface area contributed by atoms with Crippen LogP contribution in [0.2, 0.25) is 10.0 Å². The van der Waals surface area contributed by atoms with Crippen molar-refractivity contribution in [2.75, 3.05) is 5.75 Å². The van der Waals surface area contributed by atoms with Gasteiger partial charge in [-0.3, -0.25) is 4.57 Å². The van der Waals surface area contributed by atoms with Crippen molar-refractivity contribution in [3.63, 3.8) is 0 Å².